The molecule has 26 heavy (non-hydrogen) atoms. The molecule has 2 aromatic heterocycles. The van der Waals surface area contributed by atoms with Gasteiger partial charge in [0.1, 0.15) is 0 Å². The highest BCUT2D eigenvalue weighted by Crippen LogP contribution is 2.17. The second-order valence-electron chi connectivity index (χ2n) is 6.27. The summed E-state index contributed by atoms with van der Waals surface area (Å²) in [5, 5.41) is 7.47. The average Bonchev–Trinajstić information content (AvgIpc) is 2.99. The number of pyridine rings is 1. The van der Waals surface area contributed by atoms with Crippen LogP contribution in [0.5, 0.6) is 0 Å². The van der Waals surface area contributed by atoms with E-state index in [1.54, 1.807) is 18.5 Å². The van der Waals surface area contributed by atoms with E-state index in [-0.39, 0.29) is 11.9 Å². The molecule has 1 aromatic carbocycles. The first kappa shape index (κ1) is 17.6. The number of rotatable bonds is 5. The lowest BCUT2D eigenvalue weighted by molar-refractivity contribution is -0.117. The van der Waals surface area contributed by atoms with Gasteiger partial charge in [-0.1, -0.05) is 12.1 Å². The van der Waals surface area contributed by atoms with Gasteiger partial charge in [-0.05, 0) is 68.3 Å². The van der Waals surface area contributed by atoms with Gasteiger partial charge in [0, 0.05) is 24.2 Å². The molecular weight excluding hydrogens is 324 g/mol. The Kier molecular flexibility index (Phi) is 5.27. The Morgan fingerprint density at radius 1 is 1.12 bits per heavy atom. The molecule has 5 heteroatoms. The van der Waals surface area contributed by atoms with Crippen molar-refractivity contribution in [2.45, 2.75) is 26.8 Å². The van der Waals surface area contributed by atoms with E-state index < -0.39 is 0 Å². The van der Waals surface area contributed by atoms with Gasteiger partial charge in [-0.15, -0.1) is 0 Å². The van der Waals surface area contributed by atoms with Gasteiger partial charge in [-0.2, -0.15) is 5.10 Å². The lowest BCUT2D eigenvalue weighted by atomic mass is 10.1. The number of carbonyl (C=O) groups excluding carboxylic acids is 1. The number of aryl methyl sites for hydroxylation is 2. The molecule has 0 fully saturated rings. The highest BCUT2D eigenvalue weighted by Gasteiger charge is 2.09. The van der Waals surface area contributed by atoms with E-state index >= 15 is 0 Å². The highest BCUT2D eigenvalue weighted by atomic mass is 16.1. The van der Waals surface area contributed by atoms with Gasteiger partial charge in [-0.3, -0.25) is 9.78 Å². The number of hydrogen-bond donors (Lipinski definition) is 1. The largest absolute Gasteiger partial charge is 0.346 e. The molecule has 0 saturated heterocycles. The molecule has 0 aliphatic carbocycles. The highest BCUT2D eigenvalue weighted by molar-refractivity contribution is 5.91. The smallest absolute Gasteiger partial charge is 0.244 e. The van der Waals surface area contributed by atoms with Gasteiger partial charge in [0.2, 0.25) is 5.91 Å². The Morgan fingerprint density at radius 2 is 1.81 bits per heavy atom. The summed E-state index contributed by atoms with van der Waals surface area (Å²) in [5.41, 5.74) is 5.08. The zero-order valence-electron chi connectivity index (χ0n) is 15.2. The maximum absolute atomic E-state index is 12.1. The SMILES string of the molecule is Cc1cc(C)n(-c2ccc([C@@H](C)NC(=O)/C=C/c3ccncc3)cc2)n1. The predicted molar refractivity (Wildman–Crippen MR) is 103 cm³/mol. The van der Waals surface area contributed by atoms with Crippen molar-refractivity contribution in [3.63, 3.8) is 0 Å². The van der Waals surface area contributed by atoms with E-state index in [1.807, 2.05) is 67.9 Å². The molecule has 5 nitrogen and oxygen atoms in total. The van der Waals surface area contributed by atoms with Crippen molar-refractivity contribution in [3.05, 3.63) is 83.4 Å². The Hall–Kier alpha value is -3.21. The molecule has 0 spiro atoms. The third-order valence-corrected chi connectivity index (χ3v) is 4.14. The Morgan fingerprint density at radius 3 is 2.42 bits per heavy atom. The van der Waals surface area contributed by atoms with Crippen LogP contribution >= 0.6 is 0 Å². The number of hydrogen-bond acceptors (Lipinski definition) is 3. The number of carbonyl (C=O) groups is 1. The monoisotopic (exact) mass is 346 g/mol. The first-order valence-electron chi connectivity index (χ1n) is 8.55. The van der Waals surface area contributed by atoms with Crippen LogP contribution < -0.4 is 5.32 Å². The van der Waals surface area contributed by atoms with Crippen molar-refractivity contribution >= 4 is 12.0 Å². The van der Waals surface area contributed by atoms with Crippen LogP contribution in [0.4, 0.5) is 0 Å². The molecule has 0 radical (unpaired) electrons. The molecular formula is C21H22N4O. The molecule has 0 unspecified atom stereocenters. The molecule has 0 aliphatic heterocycles. The van der Waals surface area contributed by atoms with Crippen LogP contribution in [0.15, 0.2) is 60.9 Å². The summed E-state index contributed by atoms with van der Waals surface area (Å²) in [7, 11) is 0. The van der Waals surface area contributed by atoms with E-state index in [2.05, 4.69) is 15.4 Å². The van der Waals surface area contributed by atoms with Crippen molar-refractivity contribution < 1.29 is 4.79 Å². The van der Waals surface area contributed by atoms with Crippen molar-refractivity contribution in [2.75, 3.05) is 0 Å². The minimum absolute atomic E-state index is 0.0842. The van der Waals surface area contributed by atoms with E-state index in [9.17, 15) is 4.79 Å². The van der Waals surface area contributed by atoms with E-state index in [1.165, 1.54) is 6.08 Å². The fourth-order valence-electron chi connectivity index (χ4n) is 2.79. The van der Waals surface area contributed by atoms with E-state index in [4.69, 9.17) is 0 Å². The van der Waals surface area contributed by atoms with Gasteiger partial charge in [0.05, 0.1) is 17.4 Å². The van der Waals surface area contributed by atoms with Gasteiger partial charge in [0.25, 0.3) is 0 Å². The third kappa shape index (κ3) is 4.25. The van der Waals surface area contributed by atoms with Crippen molar-refractivity contribution in [3.8, 4) is 5.69 Å². The minimum Gasteiger partial charge on any atom is -0.346 e. The summed E-state index contributed by atoms with van der Waals surface area (Å²) in [4.78, 5) is 16.1. The number of aromatic nitrogens is 3. The average molecular weight is 346 g/mol. The van der Waals surface area contributed by atoms with Crippen LogP contribution in [-0.2, 0) is 4.79 Å². The summed E-state index contributed by atoms with van der Waals surface area (Å²) < 4.78 is 1.92. The summed E-state index contributed by atoms with van der Waals surface area (Å²) in [5.74, 6) is -0.128. The van der Waals surface area contributed by atoms with E-state index in [0.717, 1.165) is 28.2 Å². The third-order valence-electron chi connectivity index (χ3n) is 4.14. The molecule has 1 atom stereocenters. The van der Waals surface area contributed by atoms with Crippen molar-refractivity contribution in [1.29, 1.82) is 0 Å². The van der Waals surface area contributed by atoms with Crippen molar-refractivity contribution in [1.82, 2.24) is 20.1 Å². The van der Waals surface area contributed by atoms with Gasteiger partial charge < -0.3 is 5.32 Å². The lowest BCUT2D eigenvalue weighted by Crippen LogP contribution is -2.24. The maximum Gasteiger partial charge on any atom is 0.244 e. The Bertz CT molecular complexity index is 911. The minimum atomic E-state index is -0.128. The fourth-order valence-corrected chi connectivity index (χ4v) is 2.79. The number of nitrogens with zero attached hydrogens (tertiary/aromatic N) is 3. The van der Waals surface area contributed by atoms with Gasteiger partial charge >= 0.3 is 0 Å². The van der Waals surface area contributed by atoms with Gasteiger partial charge in [0.15, 0.2) is 0 Å². The first-order chi connectivity index (χ1) is 12.5. The number of amides is 1. The summed E-state index contributed by atoms with van der Waals surface area (Å²) in [6.45, 7) is 5.98. The Balaban J connectivity index is 1.64. The molecule has 132 valence electrons. The molecule has 0 bridgehead atoms. The molecule has 0 saturated carbocycles. The predicted octanol–water partition coefficient (Wildman–Crippen LogP) is 3.77. The normalized spacial score (nSPS) is 12.3. The second kappa shape index (κ2) is 7.78. The molecule has 1 N–H and O–H groups in total. The van der Waals surface area contributed by atoms with Crippen LogP contribution in [-0.4, -0.2) is 20.7 Å². The van der Waals surface area contributed by atoms with Gasteiger partial charge in [-0.25, -0.2) is 4.68 Å². The second-order valence-corrected chi connectivity index (χ2v) is 6.27. The zero-order valence-corrected chi connectivity index (χ0v) is 15.2. The van der Waals surface area contributed by atoms with Crippen LogP contribution in [0.3, 0.4) is 0 Å². The Labute approximate surface area is 153 Å². The standard InChI is InChI=1S/C21H22N4O/c1-15-14-16(2)25(24-15)20-7-5-19(6-8-20)17(3)23-21(26)9-4-18-10-12-22-13-11-18/h4-14,17H,1-3H3,(H,23,26)/b9-4+/t17-/m1/s1. The van der Waals surface area contributed by atoms with Crippen molar-refractivity contribution in [2.24, 2.45) is 0 Å². The molecule has 2 heterocycles. The topological polar surface area (TPSA) is 59.8 Å². The summed E-state index contributed by atoms with van der Waals surface area (Å²) in [6, 6.07) is 13.7. The number of benzene rings is 1. The molecule has 3 rings (SSSR count). The molecule has 3 aromatic rings. The van der Waals surface area contributed by atoms with Crippen LogP contribution in [0.1, 0.15) is 35.5 Å². The fraction of sp³-hybridized carbons (Fsp3) is 0.190. The summed E-state index contributed by atoms with van der Waals surface area (Å²) in [6.07, 6.45) is 6.71. The summed E-state index contributed by atoms with van der Waals surface area (Å²) >= 11 is 0. The molecule has 1 amide bonds. The van der Waals surface area contributed by atoms with Crippen LogP contribution in [0, 0.1) is 13.8 Å². The van der Waals surface area contributed by atoms with Crippen LogP contribution in [0.2, 0.25) is 0 Å². The molecule has 0 aliphatic rings. The van der Waals surface area contributed by atoms with Crippen LogP contribution in [0.25, 0.3) is 11.8 Å². The zero-order chi connectivity index (χ0) is 18.5. The first-order valence-corrected chi connectivity index (χ1v) is 8.55. The lowest BCUT2D eigenvalue weighted by Gasteiger charge is -2.14. The number of nitrogens with one attached hydrogen (secondary N) is 1. The maximum atomic E-state index is 12.1. The van der Waals surface area contributed by atoms with E-state index in [0.29, 0.717) is 0 Å². The quantitative estimate of drug-likeness (QED) is 0.715.